The van der Waals surface area contributed by atoms with Crippen LogP contribution in [-0.4, -0.2) is 12.8 Å². The second kappa shape index (κ2) is 6.99. The van der Waals surface area contributed by atoms with E-state index in [0.717, 1.165) is 10.8 Å². The summed E-state index contributed by atoms with van der Waals surface area (Å²) in [5.41, 5.74) is 2.64. The van der Waals surface area contributed by atoms with Gasteiger partial charge in [-0.1, -0.05) is 41.4 Å². The molecule has 0 spiro atoms. The molecule has 0 saturated heterocycles. The molecule has 1 nitrogen and oxygen atoms in total. The zero-order valence-electron chi connectivity index (χ0n) is 11.2. The molecule has 2 aromatic rings. The molecule has 0 bridgehead atoms. The van der Waals surface area contributed by atoms with Gasteiger partial charge in [0.05, 0.1) is 0 Å². The molecule has 0 fully saturated rings. The summed E-state index contributed by atoms with van der Waals surface area (Å²) < 4.78 is 0. The molecule has 100 valence electrons. The number of thioether (sulfide) groups is 1. The standard InChI is InChI=1S/C16H18ClNS/c1-12-4-3-5-13(10-12)16(18-2)11-19-15-8-6-14(17)7-9-15/h3-10,16,18H,11H2,1-2H3. The molecule has 0 aliphatic rings. The average molecular weight is 292 g/mol. The van der Waals surface area contributed by atoms with Gasteiger partial charge in [-0.3, -0.25) is 0 Å². The van der Waals surface area contributed by atoms with Crippen molar-refractivity contribution in [3.63, 3.8) is 0 Å². The van der Waals surface area contributed by atoms with Crippen molar-refractivity contribution in [2.75, 3.05) is 12.8 Å². The zero-order chi connectivity index (χ0) is 13.7. The molecule has 0 aromatic heterocycles. The van der Waals surface area contributed by atoms with E-state index in [1.165, 1.54) is 16.0 Å². The lowest BCUT2D eigenvalue weighted by atomic mass is 10.1. The Morgan fingerprint density at radius 2 is 1.89 bits per heavy atom. The summed E-state index contributed by atoms with van der Waals surface area (Å²) in [6.07, 6.45) is 0. The third-order valence-corrected chi connectivity index (χ3v) is 4.38. The maximum atomic E-state index is 5.89. The highest BCUT2D eigenvalue weighted by Crippen LogP contribution is 2.26. The molecular formula is C16H18ClNS. The maximum Gasteiger partial charge on any atom is 0.0413 e. The molecule has 0 radical (unpaired) electrons. The summed E-state index contributed by atoms with van der Waals surface area (Å²) in [6, 6.07) is 17.0. The summed E-state index contributed by atoms with van der Waals surface area (Å²) in [6.45, 7) is 2.13. The predicted octanol–water partition coefficient (Wildman–Crippen LogP) is 4.70. The number of benzene rings is 2. The van der Waals surface area contributed by atoms with Gasteiger partial charge in [0.2, 0.25) is 0 Å². The van der Waals surface area contributed by atoms with E-state index in [0.29, 0.717) is 6.04 Å². The van der Waals surface area contributed by atoms with Crippen molar-refractivity contribution in [1.29, 1.82) is 0 Å². The van der Waals surface area contributed by atoms with E-state index in [2.05, 4.69) is 48.6 Å². The minimum atomic E-state index is 0.362. The van der Waals surface area contributed by atoms with E-state index in [9.17, 15) is 0 Å². The first-order valence-electron chi connectivity index (χ1n) is 6.31. The number of nitrogens with one attached hydrogen (secondary N) is 1. The summed E-state index contributed by atoms with van der Waals surface area (Å²) in [5.74, 6) is 1.00. The molecule has 2 aromatic carbocycles. The maximum absolute atomic E-state index is 5.89. The van der Waals surface area contributed by atoms with Crippen molar-refractivity contribution in [3.8, 4) is 0 Å². The lowest BCUT2D eigenvalue weighted by Crippen LogP contribution is -2.18. The summed E-state index contributed by atoms with van der Waals surface area (Å²) in [5, 5.41) is 4.17. The first kappa shape index (κ1) is 14.4. The van der Waals surface area contributed by atoms with Crippen LogP contribution < -0.4 is 5.32 Å². The van der Waals surface area contributed by atoms with E-state index >= 15 is 0 Å². The van der Waals surface area contributed by atoms with Crippen molar-refractivity contribution in [2.24, 2.45) is 0 Å². The SMILES string of the molecule is CNC(CSc1ccc(Cl)cc1)c1cccc(C)c1. The van der Waals surface area contributed by atoms with E-state index in [4.69, 9.17) is 11.6 Å². The second-order valence-electron chi connectivity index (χ2n) is 4.52. The van der Waals surface area contributed by atoms with Crippen LogP contribution in [0.15, 0.2) is 53.4 Å². The lowest BCUT2D eigenvalue weighted by molar-refractivity contribution is 0.661. The lowest BCUT2D eigenvalue weighted by Gasteiger charge is -2.16. The molecule has 0 saturated carbocycles. The molecule has 1 N–H and O–H groups in total. The second-order valence-corrected chi connectivity index (χ2v) is 6.05. The van der Waals surface area contributed by atoms with Gasteiger partial charge in [-0.05, 0) is 43.8 Å². The van der Waals surface area contributed by atoms with Gasteiger partial charge in [-0.25, -0.2) is 0 Å². The van der Waals surface area contributed by atoms with Crippen molar-refractivity contribution in [1.82, 2.24) is 5.32 Å². The first-order valence-corrected chi connectivity index (χ1v) is 7.67. The molecule has 0 heterocycles. The highest BCUT2D eigenvalue weighted by molar-refractivity contribution is 7.99. The molecular weight excluding hydrogens is 274 g/mol. The molecule has 3 heteroatoms. The molecule has 2 rings (SSSR count). The van der Waals surface area contributed by atoms with Crippen LogP contribution in [0.1, 0.15) is 17.2 Å². The summed E-state index contributed by atoms with van der Waals surface area (Å²) in [4.78, 5) is 1.25. The minimum absolute atomic E-state index is 0.362. The van der Waals surface area contributed by atoms with Gasteiger partial charge in [0, 0.05) is 21.7 Å². The van der Waals surface area contributed by atoms with Crippen molar-refractivity contribution >= 4 is 23.4 Å². The van der Waals surface area contributed by atoms with Crippen LogP contribution in [0, 0.1) is 6.92 Å². The van der Waals surface area contributed by atoms with Crippen LogP contribution >= 0.6 is 23.4 Å². The van der Waals surface area contributed by atoms with Gasteiger partial charge < -0.3 is 5.32 Å². The molecule has 0 aliphatic carbocycles. The normalized spacial score (nSPS) is 12.4. The number of halogens is 1. The fourth-order valence-corrected chi connectivity index (χ4v) is 3.12. The number of rotatable bonds is 5. The highest BCUT2D eigenvalue weighted by Gasteiger charge is 2.09. The molecule has 19 heavy (non-hydrogen) atoms. The van der Waals surface area contributed by atoms with Crippen molar-refractivity contribution < 1.29 is 0 Å². The summed E-state index contributed by atoms with van der Waals surface area (Å²) in [7, 11) is 2.01. The van der Waals surface area contributed by atoms with Gasteiger partial charge in [-0.15, -0.1) is 11.8 Å². The van der Waals surface area contributed by atoms with E-state index < -0.39 is 0 Å². The molecule has 1 unspecified atom stereocenters. The Kier molecular flexibility index (Phi) is 5.32. The Morgan fingerprint density at radius 3 is 2.53 bits per heavy atom. The summed E-state index contributed by atoms with van der Waals surface area (Å²) >= 11 is 7.73. The number of aryl methyl sites for hydroxylation is 1. The van der Waals surface area contributed by atoms with Crippen LogP contribution in [0.3, 0.4) is 0 Å². The van der Waals surface area contributed by atoms with Crippen LogP contribution in [0.2, 0.25) is 5.02 Å². The Balaban J connectivity index is 2.01. The monoisotopic (exact) mass is 291 g/mol. The van der Waals surface area contributed by atoms with Crippen molar-refractivity contribution in [3.05, 3.63) is 64.7 Å². The number of hydrogen-bond acceptors (Lipinski definition) is 2. The fourth-order valence-electron chi connectivity index (χ4n) is 1.94. The van der Waals surface area contributed by atoms with E-state index in [-0.39, 0.29) is 0 Å². The van der Waals surface area contributed by atoms with Crippen molar-refractivity contribution in [2.45, 2.75) is 17.9 Å². The van der Waals surface area contributed by atoms with E-state index in [1.54, 1.807) is 0 Å². The van der Waals surface area contributed by atoms with Crippen LogP contribution in [0.25, 0.3) is 0 Å². The third kappa shape index (κ3) is 4.27. The topological polar surface area (TPSA) is 12.0 Å². The third-order valence-electron chi connectivity index (χ3n) is 3.02. The van der Waals surface area contributed by atoms with Gasteiger partial charge in [-0.2, -0.15) is 0 Å². The quantitative estimate of drug-likeness (QED) is 0.801. The minimum Gasteiger partial charge on any atom is -0.312 e. The Bertz CT molecular complexity index is 525. The first-order chi connectivity index (χ1) is 9.19. The highest BCUT2D eigenvalue weighted by atomic mass is 35.5. The molecule has 0 amide bonds. The Hall–Kier alpha value is -0.960. The fraction of sp³-hybridized carbons (Fsp3) is 0.250. The number of hydrogen-bond donors (Lipinski definition) is 1. The Labute approximate surface area is 124 Å². The average Bonchev–Trinajstić information content (AvgIpc) is 2.42. The zero-order valence-corrected chi connectivity index (χ0v) is 12.8. The van der Waals surface area contributed by atoms with Gasteiger partial charge in [0.15, 0.2) is 0 Å². The van der Waals surface area contributed by atoms with Crippen LogP contribution in [0.4, 0.5) is 0 Å². The van der Waals surface area contributed by atoms with Gasteiger partial charge >= 0.3 is 0 Å². The van der Waals surface area contributed by atoms with Crippen LogP contribution in [0.5, 0.6) is 0 Å². The van der Waals surface area contributed by atoms with Gasteiger partial charge in [0.25, 0.3) is 0 Å². The van der Waals surface area contributed by atoms with E-state index in [1.807, 2.05) is 30.9 Å². The molecule has 0 aliphatic heterocycles. The predicted molar refractivity (Wildman–Crippen MR) is 85.2 cm³/mol. The smallest absolute Gasteiger partial charge is 0.0413 e. The Morgan fingerprint density at radius 1 is 1.16 bits per heavy atom. The largest absolute Gasteiger partial charge is 0.312 e. The molecule has 1 atom stereocenters. The van der Waals surface area contributed by atoms with Crippen LogP contribution in [-0.2, 0) is 0 Å². The van der Waals surface area contributed by atoms with Gasteiger partial charge in [0.1, 0.15) is 0 Å².